The Hall–Kier alpha value is -2.09. The van der Waals surface area contributed by atoms with Gasteiger partial charge in [-0.15, -0.1) is 0 Å². The second-order valence-electron chi connectivity index (χ2n) is 5.12. The van der Waals surface area contributed by atoms with E-state index in [1.807, 2.05) is 40.7 Å². The molecule has 0 aliphatic rings. The van der Waals surface area contributed by atoms with E-state index in [-0.39, 0.29) is 17.9 Å². The van der Waals surface area contributed by atoms with E-state index in [0.29, 0.717) is 18.0 Å². The van der Waals surface area contributed by atoms with Crippen LogP contribution in [-0.2, 0) is 4.79 Å². The van der Waals surface area contributed by atoms with Crippen molar-refractivity contribution in [1.82, 2.24) is 10.3 Å². The van der Waals surface area contributed by atoms with Gasteiger partial charge < -0.3 is 10.1 Å². The first-order valence-electron chi connectivity index (χ1n) is 6.66. The van der Waals surface area contributed by atoms with Gasteiger partial charge in [-0.3, -0.25) is 4.79 Å². The van der Waals surface area contributed by atoms with Crippen molar-refractivity contribution in [2.24, 2.45) is 5.41 Å². The number of amides is 1. The predicted molar refractivity (Wildman–Crippen MR) is 78.3 cm³/mol. The minimum absolute atomic E-state index is 0.0440. The molecule has 0 aromatic carbocycles. The lowest BCUT2D eigenvalue weighted by Gasteiger charge is -2.18. The number of hydrogen-bond donors (Lipinski definition) is 1. The smallest absolute Gasteiger partial charge is 0.258 e. The molecular formula is C15H23N3O2. The number of nitrogens with zero attached hydrogens (tertiary/aromatic N) is 2. The SMILES string of the molecule is CC.CC(C)(C)CNC(=O)COc1ccc(C#N)cn1. The van der Waals surface area contributed by atoms with Crippen LogP contribution in [0.4, 0.5) is 0 Å². The van der Waals surface area contributed by atoms with Crippen LogP contribution in [0.3, 0.4) is 0 Å². The van der Waals surface area contributed by atoms with E-state index in [4.69, 9.17) is 10.00 Å². The molecule has 0 unspecified atom stereocenters. The summed E-state index contributed by atoms with van der Waals surface area (Å²) in [5.41, 5.74) is 0.502. The van der Waals surface area contributed by atoms with Gasteiger partial charge in [0.1, 0.15) is 6.07 Å². The zero-order chi connectivity index (χ0) is 15.6. The Bertz CT molecular complexity index is 442. The third-order valence-corrected chi connectivity index (χ3v) is 2.03. The Kier molecular flexibility index (Phi) is 7.98. The van der Waals surface area contributed by atoms with Crippen molar-refractivity contribution < 1.29 is 9.53 Å². The number of pyridine rings is 1. The fraction of sp³-hybridized carbons (Fsp3) is 0.533. The normalized spacial score (nSPS) is 9.80. The van der Waals surface area contributed by atoms with Crippen molar-refractivity contribution in [1.29, 1.82) is 5.26 Å². The number of carbonyl (C=O) groups is 1. The molecule has 0 bridgehead atoms. The summed E-state index contributed by atoms with van der Waals surface area (Å²) in [6, 6.07) is 5.12. The Balaban J connectivity index is 0.00000172. The second kappa shape index (κ2) is 8.92. The van der Waals surface area contributed by atoms with Crippen LogP contribution in [0, 0.1) is 16.7 Å². The summed E-state index contributed by atoms with van der Waals surface area (Å²) in [4.78, 5) is 15.4. The van der Waals surface area contributed by atoms with Crippen LogP contribution in [0.2, 0.25) is 0 Å². The molecular weight excluding hydrogens is 254 g/mol. The van der Waals surface area contributed by atoms with Crippen LogP contribution >= 0.6 is 0 Å². The summed E-state index contributed by atoms with van der Waals surface area (Å²) >= 11 is 0. The summed E-state index contributed by atoms with van der Waals surface area (Å²) < 4.78 is 5.20. The van der Waals surface area contributed by atoms with E-state index in [9.17, 15) is 4.79 Å². The highest BCUT2D eigenvalue weighted by molar-refractivity contribution is 5.77. The van der Waals surface area contributed by atoms with Crippen LogP contribution in [0.1, 0.15) is 40.2 Å². The number of aromatic nitrogens is 1. The van der Waals surface area contributed by atoms with Crippen LogP contribution < -0.4 is 10.1 Å². The van der Waals surface area contributed by atoms with Gasteiger partial charge in [0.05, 0.1) is 5.56 Å². The number of carbonyl (C=O) groups excluding carboxylic acids is 1. The van der Waals surface area contributed by atoms with Crippen molar-refractivity contribution in [2.75, 3.05) is 13.2 Å². The number of nitriles is 1. The summed E-state index contributed by atoms with van der Waals surface area (Å²) in [6.07, 6.45) is 1.41. The van der Waals surface area contributed by atoms with Gasteiger partial charge in [-0.25, -0.2) is 4.98 Å². The van der Waals surface area contributed by atoms with E-state index in [0.717, 1.165) is 0 Å². The fourth-order valence-electron chi connectivity index (χ4n) is 1.09. The predicted octanol–water partition coefficient (Wildman–Crippen LogP) is 2.52. The zero-order valence-electron chi connectivity index (χ0n) is 12.9. The Morgan fingerprint density at radius 1 is 1.40 bits per heavy atom. The average Bonchev–Trinajstić information content (AvgIpc) is 2.45. The molecule has 5 nitrogen and oxygen atoms in total. The van der Waals surface area contributed by atoms with Gasteiger partial charge in [0.25, 0.3) is 5.91 Å². The van der Waals surface area contributed by atoms with Crippen molar-refractivity contribution >= 4 is 5.91 Å². The van der Waals surface area contributed by atoms with Crippen molar-refractivity contribution in [3.63, 3.8) is 0 Å². The van der Waals surface area contributed by atoms with Gasteiger partial charge >= 0.3 is 0 Å². The highest BCUT2D eigenvalue weighted by atomic mass is 16.5. The highest BCUT2D eigenvalue weighted by Crippen LogP contribution is 2.10. The molecule has 0 saturated heterocycles. The lowest BCUT2D eigenvalue weighted by atomic mass is 9.97. The summed E-state index contributed by atoms with van der Waals surface area (Å²) in [6.45, 7) is 10.6. The quantitative estimate of drug-likeness (QED) is 0.917. The molecule has 0 saturated carbocycles. The number of rotatable bonds is 4. The standard InChI is InChI=1S/C13H17N3O2.C2H6/c1-13(2,3)9-16-11(17)8-18-12-5-4-10(6-14)7-15-12;1-2/h4-5,7H,8-9H2,1-3H3,(H,16,17);1-2H3. The van der Waals surface area contributed by atoms with Crippen LogP contribution in [0.25, 0.3) is 0 Å². The maximum Gasteiger partial charge on any atom is 0.258 e. The molecule has 5 heteroatoms. The monoisotopic (exact) mass is 277 g/mol. The molecule has 0 atom stereocenters. The molecule has 1 heterocycles. The van der Waals surface area contributed by atoms with E-state index < -0.39 is 0 Å². The molecule has 1 aromatic heterocycles. The molecule has 0 radical (unpaired) electrons. The third kappa shape index (κ3) is 8.09. The van der Waals surface area contributed by atoms with Crippen molar-refractivity contribution in [3.8, 4) is 11.9 Å². The molecule has 0 spiro atoms. The van der Waals surface area contributed by atoms with Gasteiger partial charge in [-0.2, -0.15) is 5.26 Å². The molecule has 0 aliphatic heterocycles. The average molecular weight is 277 g/mol. The molecule has 20 heavy (non-hydrogen) atoms. The number of hydrogen-bond acceptors (Lipinski definition) is 4. The lowest BCUT2D eigenvalue weighted by molar-refractivity contribution is -0.123. The molecule has 1 aromatic rings. The molecule has 110 valence electrons. The summed E-state index contributed by atoms with van der Waals surface area (Å²) in [5.74, 6) is 0.149. The number of nitrogens with one attached hydrogen (secondary N) is 1. The third-order valence-electron chi connectivity index (χ3n) is 2.03. The summed E-state index contributed by atoms with van der Waals surface area (Å²) in [7, 11) is 0. The highest BCUT2D eigenvalue weighted by Gasteiger charge is 2.12. The number of ether oxygens (including phenoxy) is 1. The molecule has 1 rings (SSSR count). The molecule has 1 amide bonds. The maximum absolute atomic E-state index is 11.5. The second-order valence-corrected chi connectivity index (χ2v) is 5.12. The Morgan fingerprint density at radius 2 is 2.05 bits per heavy atom. The summed E-state index contributed by atoms with van der Waals surface area (Å²) in [5, 5.41) is 11.4. The van der Waals surface area contributed by atoms with E-state index >= 15 is 0 Å². The fourth-order valence-corrected chi connectivity index (χ4v) is 1.09. The lowest BCUT2D eigenvalue weighted by Crippen LogP contribution is -2.35. The molecule has 1 N–H and O–H groups in total. The van der Waals surface area contributed by atoms with Gasteiger partial charge in [0.15, 0.2) is 6.61 Å². The van der Waals surface area contributed by atoms with Gasteiger partial charge in [-0.1, -0.05) is 34.6 Å². The minimum Gasteiger partial charge on any atom is -0.468 e. The molecule has 0 fully saturated rings. The topological polar surface area (TPSA) is 75.0 Å². The van der Waals surface area contributed by atoms with Crippen LogP contribution in [-0.4, -0.2) is 24.0 Å². The Labute approximate surface area is 121 Å². The van der Waals surface area contributed by atoms with Crippen molar-refractivity contribution in [3.05, 3.63) is 23.9 Å². The van der Waals surface area contributed by atoms with E-state index in [1.165, 1.54) is 6.20 Å². The first-order chi connectivity index (χ1) is 9.40. The van der Waals surface area contributed by atoms with Gasteiger partial charge in [0.2, 0.25) is 5.88 Å². The minimum atomic E-state index is -0.184. The van der Waals surface area contributed by atoms with Crippen molar-refractivity contribution in [2.45, 2.75) is 34.6 Å². The molecule has 0 aliphatic carbocycles. The largest absolute Gasteiger partial charge is 0.468 e. The maximum atomic E-state index is 11.5. The first kappa shape index (κ1) is 17.9. The van der Waals surface area contributed by atoms with Gasteiger partial charge in [-0.05, 0) is 11.5 Å². The zero-order valence-corrected chi connectivity index (χ0v) is 12.9. The van der Waals surface area contributed by atoms with E-state index in [1.54, 1.807) is 12.1 Å². The van der Waals surface area contributed by atoms with Gasteiger partial charge in [0, 0.05) is 18.8 Å². The van der Waals surface area contributed by atoms with Crippen LogP contribution in [0.15, 0.2) is 18.3 Å². The first-order valence-corrected chi connectivity index (χ1v) is 6.66. The van der Waals surface area contributed by atoms with Crippen LogP contribution in [0.5, 0.6) is 5.88 Å². The Morgan fingerprint density at radius 3 is 2.50 bits per heavy atom. The van der Waals surface area contributed by atoms with E-state index in [2.05, 4.69) is 10.3 Å².